The molecule has 0 amide bonds. The van der Waals surface area contributed by atoms with Crippen LogP contribution in [0, 0.1) is 5.92 Å². The van der Waals surface area contributed by atoms with Crippen molar-refractivity contribution in [2.45, 2.75) is 46.5 Å². The van der Waals surface area contributed by atoms with Crippen LogP contribution < -0.4 is 0 Å². The summed E-state index contributed by atoms with van der Waals surface area (Å²) in [7, 11) is 0. The molecule has 0 saturated heterocycles. The molecule has 1 nitrogen and oxygen atoms in total. The zero-order valence-corrected chi connectivity index (χ0v) is 10.7. The van der Waals surface area contributed by atoms with Crippen molar-refractivity contribution >= 4 is 5.71 Å². The molecule has 1 heteroatoms. The number of aliphatic imine (C=N–C) groups is 1. The van der Waals surface area contributed by atoms with Gasteiger partial charge in [0.05, 0.1) is 5.70 Å². The Labute approximate surface area is 99.7 Å². The fraction of sp³-hybridized carbons (Fsp3) is 0.533. The van der Waals surface area contributed by atoms with Crippen LogP contribution in [-0.2, 0) is 0 Å². The summed E-state index contributed by atoms with van der Waals surface area (Å²) < 4.78 is 0. The highest BCUT2D eigenvalue weighted by atomic mass is 14.8. The Balaban J connectivity index is 2.76. The van der Waals surface area contributed by atoms with Gasteiger partial charge in [0.25, 0.3) is 0 Å². The van der Waals surface area contributed by atoms with E-state index in [1.165, 1.54) is 25.0 Å². The molecule has 1 fully saturated rings. The van der Waals surface area contributed by atoms with Gasteiger partial charge in [-0.05, 0) is 45.6 Å². The van der Waals surface area contributed by atoms with Gasteiger partial charge >= 0.3 is 0 Å². The number of hydrogen-bond acceptors (Lipinski definition) is 1. The van der Waals surface area contributed by atoms with Crippen LogP contribution in [0.5, 0.6) is 0 Å². The average molecular weight is 217 g/mol. The van der Waals surface area contributed by atoms with Crippen molar-refractivity contribution in [1.82, 2.24) is 0 Å². The lowest BCUT2D eigenvalue weighted by molar-refractivity contribution is 0.410. The lowest BCUT2D eigenvalue weighted by atomic mass is 9.80. The van der Waals surface area contributed by atoms with Crippen LogP contribution in [0.1, 0.15) is 46.5 Å². The molecule has 0 N–H and O–H groups in total. The molecule has 0 aromatic heterocycles. The van der Waals surface area contributed by atoms with E-state index >= 15 is 0 Å². The lowest BCUT2D eigenvalue weighted by Gasteiger charge is -2.26. The largest absolute Gasteiger partial charge is 0.258 e. The van der Waals surface area contributed by atoms with Crippen molar-refractivity contribution in [3.8, 4) is 0 Å². The molecule has 1 rings (SSSR count). The fourth-order valence-corrected chi connectivity index (χ4v) is 1.82. The van der Waals surface area contributed by atoms with Gasteiger partial charge in [-0.25, -0.2) is 0 Å². The smallest absolute Gasteiger partial charge is 0.0583 e. The van der Waals surface area contributed by atoms with Gasteiger partial charge in [0.15, 0.2) is 0 Å². The van der Waals surface area contributed by atoms with E-state index in [1.54, 1.807) is 0 Å². The van der Waals surface area contributed by atoms with Crippen LogP contribution in [-0.4, -0.2) is 5.71 Å². The number of nitrogens with zero attached hydrogens (tertiary/aromatic N) is 1. The fourth-order valence-electron chi connectivity index (χ4n) is 1.82. The van der Waals surface area contributed by atoms with Crippen molar-refractivity contribution in [2.24, 2.45) is 10.9 Å². The zero-order chi connectivity index (χ0) is 11.8. The Morgan fingerprint density at radius 3 is 2.38 bits per heavy atom. The van der Waals surface area contributed by atoms with Crippen molar-refractivity contribution in [2.75, 3.05) is 0 Å². The van der Waals surface area contributed by atoms with E-state index in [9.17, 15) is 0 Å². The van der Waals surface area contributed by atoms with Crippen LogP contribution in [0.3, 0.4) is 0 Å². The highest BCUT2D eigenvalue weighted by Gasteiger charge is 2.22. The standard InChI is InChI=1S/C15H23N/c1-4-7-12-15(13-10-8-11-13)16-14(6-3)9-5-2/h4-7,9,13H,8,10-12H2,1-3H3/b7-4-,9-5-,14-6-,16-15?. The van der Waals surface area contributed by atoms with Crippen LogP contribution >= 0.6 is 0 Å². The molecule has 0 unspecified atom stereocenters. The molecule has 0 aromatic carbocycles. The van der Waals surface area contributed by atoms with Gasteiger partial charge < -0.3 is 0 Å². The molecular weight excluding hydrogens is 194 g/mol. The van der Waals surface area contributed by atoms with Gasteiger partial charge in [0.2, 0.25) is 0 Å². The summed E-state index contributed by atoms with van der Waals surface area (Å²) in [6.45, 7) is 6.15. The lowest BCUT2D eigenvalue weighted by Crippen LogP contribution is -2.21. The summed E-state index contributed by atoms with van der Waals surface area (Å²) in [6.07, 6.45) is 15.5. The molecule has 1 aliphatic rings. The highest BCUT2D eigenvalue weighted by Crippen LogP contribution is 2.29. The minimum Gasteiger partial charge on any atom is -0.258 e. The summed E-state index contributed by atoms with van der Waals surface area (Å²) >= 11 is 0. The van der Waals surface area contributed by atoms with Crippen LogP contribution in [0.15, 0.2) is 41.1 Å². The maximum atomic E-state index is 4.78. The second-order valence-electron chi connectivity index (χ2n) is 4.22. The summed E-state index contributed by atoms with van der Waals surface area (Å²) in [6, 6.07) is 0. The Morgan fingerprint density at radius 1 is 1.19 bits per heavy atom. The first-order valence-electron chi connectivity index (χ1n) is 6.29. The van der Waals surface area contributed by atoms with Gasteiger partial charge in [-0.1, -0.05) is 30.7 Å². The number of rotatable bonds is 5. The van der Waals surface area contributed by atoms with Gasteiger partial charge in [0, 0.05) is 12.1 Å². The van der Waals surface area contributed by atoms with Gasteiger partial charge in [-0.2, -0.15) is 0 Å². The van der Waals surface area contributed by atoms with E-state index in [2.05, 4.69) is 31.2 Å². The van der Waals surface area contributed by atoms with Crippen LogP contribution in [0.4, 0.5) is 0 Å². The first-order chi connectivity index (χ1) is 7.81. The third kappa shape index (κ3) is 3.80. The Bertz CT molecular complexity index is 314. The Kier molecular flexibility index (Phi) is 5.84. The summed E-state index contributed by atoms with van der Waals surface area (Å²) in [4.78, 5) is 4.78. The molecule has 1 saturated carbocycles. The van der Waals surface area contributed by atoms with Gasteiger partial charge in [-0.3, -0.25) is 4.99 Å². The Hall–Kier alpha value is -1.11. The van der Waals surface area contributed by atoms with E-state index in [4.69, 9.17) is 4.99 Å². The van der Waals surface area contributed by atoms with E-state index in [-0.39, 0.29) is 0 Å². The monoisotopic (exact) mass is 217 g/mol. The minimum absolute atomic E-state index is 0.733. The van der Waals surface area contributed by atoms with Gasteiger partial charge in [-0.15, -0.1) is 0 Å². The summed E-state index contributed by atoms with van der Waals surface area (Å²) in [5.41, 5.74) is 2.45. The predicted octanol–water partition coefficient (Wildman–Crippen LogP) is 4.67. The first-order valence-corrected chi connectivity index (χ1v) is 6.29. The summed E-state index contributed by atoms with van der Waals surface area (Å²) in [5.74, 6) is 0.733. The molecule has 0 bridgehead atoms. The second kappa shape index (κ2) is 7.21. The molecule has 16 heavy (non-hydrogen) atoms. The molecule has 1 aliphatic carbocycles. The molecule has 0 atom stereocenters. The summed E-state index contributed by atoms with van der Waals surface area (Å²) in [5, 5.41) is 0. The maximum Gasteiger partial charge on any atom is 0.0583 e. The number of allylic oxidation sites excluding steroid dienone is 5. The molecule has 0 aromatic rings. The van der Waals surface area contributed by atoms with Crippen molar-refractivity contribution in [3.63, 3.8) is 0 Å². The topological polar surface area (TPSA) is 12.4 Å². The molecular formula is C15H23N. The van der Waals surface area contributed by atoms with Crippen molar-refractivity contribution in [1.29, 1.82) is 0 Å². The Morgan fingerprint density at radius 2 is 1.94 bits per heavy atom. The predicted molar refractivity (Wildman–Crippen MR) is 72.8 cm³/mol. The SMILES string of the molecule is C/C=C\CC(=NC(/C=C\C)=C\C)C1CCC1. The van der Waals surface area contributed by atoms with Crippen LogP contribution in [0.25, 0.3) is 0 Å². The minimum atomic E-state index is 0.733. The highest BCUT2D eigenvalue weighted by molar-refractivity contribution is 5.89. The second-order valence-corrected chi connectivity index (χ2v) is 4.22. The first kappa shape index (κ1) is 13.0. The third-order valence-electron chi connectivity index (χ3n) is 3.05. The van der Waals surface area contributed by atoms with E-state index in [0.717, 1.165) is 18.0 Å². The normalized spacial score (nSPS) is 19.7. The molecule has 88 valence electrons. The van der Waals surface area contributed by atoms with Gasteiger partial charge in [0.1, 0.15) is 0 Å². The van der Waals surface area contributed by atoms with Crippen molar-refractivity contribution < 1.29 is 0 Å². The zero-order valence-electron chi connectivity index (χ0n) is 10.7. The average Bonchev–Trinajstić information content (AvgIpc) is 2.22. The third-order valence-corrected chi connectivity index (χ3v) is 3.05. The van der Waals surface area contributed by atoms with E-state index in [1.807, 2.05) is 19.9 Å². The van der Waals surface area contributed by atoms with Crippen molar-refractivity contribution in [3.05, 3.63) is 36.1 Å². The van der Waals surface area contributed by atoms with Crippen LogP contribution in [0.2, 0.25) is 0 Å². The molecule has 0 aliphatic heterocycles. The molecule has 0 spiro atoms. The quantitative estimate of drug-likeness (QED) is 0.360. The van der Waals surface area contributed by atoms with E-state index < -0.39 is 0 Å². The maximum absolute atomic E-state index is 4.78. The number of hydrogen-bond donors (Lipinski definition) is 0. The molecule has 0 radical (unpaired) electrons. The molecule has 0 heterocycles. The van der Waals surface area contributed by atoms with E-state index in [0.29, 0.717) is 0 Å².